The summed E-state index contributed by atoms with van der Waals surface area (Å²) in [5.74, 6) is 0.873. The molecule has 2 atom stereocenters. The van der Waals surface area contributed by atoms with Gasteiger partial charge in [-0.05, 0) is 38.5 Å². The molecule has 2 aliphatic rings. The van der Waals surface area contributed by atoms with Gasteiger partial charge in [0.1, 0.15) is 0 Å². The number of nitrogens with two attached hydrogens (primary N) is 1. The molecule has 3 heteroatoms. The summed E-state index contributed by atoms with van der Waals surface area (Å²) in [6.45, 7) is 5.96. The van der Waals surface area contributed by atoms with Crippen LogP contribution in [0.4, 0.5) is 0 Å². The van der Waals surface area contributed by atoms with Crippen LogP contribution in [0.2, 0.25) is 0 Å². The standard InChI is InChI=1S/C12H22N2O/c1-9(13)10-4-3-7-14(8-10)11(15)12(2)5-6-12/h9-10H,3-8,13H2,1-2H3. The van der Waals surface area contributed by atoms with E-state index in [0.29, 0.717) is 11.8 Å². The number of hydrogen-bond acceptors (Lipinski definition) is 2. The summed E-state index contributed by atoms with van der Waals surface area (Å²) in [7, 11) is 0. The molecule has 2 rings (SSSR count). The SMILES string of the molecule is CC(N)C1CCCN(C(=O)C2(C)CC2)C1. The number of carbonyl (C=O) groups excluding carboxylic acids is 1. The van der Waals surface area contributed by atoms with Gasteiger partial charge in [0, 0.05) is 24.5 Å². The van der Waals surface area contributed by atoms with E-state index in [1.165, 1.54) is 6.42 Å². The van der Waals surface area contributed by atoms with E-state index >= 15 is 0 Å². The first kappa shape index (κ1) is 10.9. The Morgan fingerprint density at radius 1 is 1.53 bits per heavy atom. The number of likely N-dealkylation sites (tertiary alicyclic amines) is 1. The van der Waals surface area contributed by atoms with Gasteiger partial charge in [-0.3, -0.25) is 4.79 Å². The summed E-state index contributed by atoms with van der Waals surface area (Å²) in [4.78, 5) is 14.2. The third-order valence-electron chi connectivity index (χ3n) is 4.00. The van der Waals surface area contributed by atoms with Gasteiger partial charge in [-0.1, -0.05) is 6.92 Å². The molecule has 0 spiro atoms. The van der Waals surface area contributed by atoms with Crippen molar-refractivity contribution in [3.63, 3.8) is 0 Å². The summed E-state index contributed by atoms with van der Waals surface area (Å²) in [5, 5.41) is 0. The van der Waals surface area contributed by atoms with Crippen molar-refractivity contribution in [2.75, 3.05) is 13.1 Å². The highest BCUT2D eigenvalue weighted by atomic mass is 16.2. The van der Waals surface area contributed by atoms with Crippen LogP contribution in [0.25, 0.3) is 0 Å². The van der Waals surface area contributed by atoms with Crippen molar-refractivity contribution in [2.45, 2.75) is 45.6 Å². The van der Waals surface area contributed by atoms with E-state index < -0.39 is 0 Å². The van der Waals surface area contributed by atoms with Crippen LogP contribution in [0, 0.1) is 11.3 Å². The number of hydrogen-bond donors (Lipinski definition) is 1. The molecule has 2 unspecified atom stereocenters. The second kappa shape index (κ2) is 3.78. The Labute approximate surface area is 92.0 Å². The number of carbonyl (C=O) groups is 1. The topological polar surface area (TPSA) is 46.3 Å². The van der Waals surface area contributed by atoms with Crippen molar-refractivity contribution in [1.29, 1.82) is 0 Å². The Balaban J connectivity index is 1.95. The fourth-order valence-electron chi connectivity index (χ4n) is 2.41. The van der Waals surface area contributed by atoms with Crippen LogP contribution in [0.1, 0.15) is 39.5 Å². The predicted octanol–water partition coefficient (Wildman–Crippen LogP) is 1.37. The van der Waals surface area contributed by atoms with Gasteiger partial charge in [-0.2, -0.15) is 0 Å². The molecule has 2 N–H and O–H groups in total. The van der Waals surface area contributed by atoms with Crippen molar-refractivity contribution >= 4 is 5.91 Å². The molecular formula is C12H22N2O. The zero-order valence-electron chi connectivity index (χ0n) is 9.83. The van der Waals surface area contributed by atoms with E-state index in [4.69, 9.17) is 5.73 Å². The van der Waals surface area contributed by atoms with Gasteiger partial charge in [-0.15, -0.1) is 0 Å². The summed E-state index contributed by atoms with van der Waals surface area (Å²) in [6, 6.07) is 0.215. The van der Waals surface area contributed by atoms with Gasteiger partial charge < -0.3 is 10.6 Å². The summed E-state index contributed by atoms with van der Waals surface area (Å²) >= 11 is 0. The first-order valence-electron chi connectivity index (χ1n) is 6.08. The minimum absolute atomic E-state index is 0.0142. The van der Waals surface area contributed by atoms with Gasteiger partial charge >= 0.3 is 0 Å². The molecule has 1 heterocycles. The summed E-state index contributed by atoms with van der Waals surface area (Å²) in [6.07, 6.45) is 4.45. The van der Waals surface area contributed by atoms with E-state index in [0.717, 1.165) is 32.4 Å². The molecule has 0 radical (unpaired) electrons. The molecule has 0 bridgehead atoms. The smallest absolute Gasteiger partial charge is 0.228 e. The average Bonchev–Trinajstić information content (AvgIpc) is 2.97. The molecule has 0 aromatic heterocycles. The molecule has 1 amide bonds. The van der Waals surface area contributed by atoms with Crippen molar-refractivity contribution < 1.29 is 4.79 Å². The van der Waals surface area contributed by atoms with E-state index in [9.17, 15) is 4.79 Å². The van der Waals surface area contributed by atoms with Gasteiger partial charge in [0.15, 0.2) is 0 Å². The molecule has 0 aromatic carbocycles. The lowest BCUT2D eigenvalue weighted by molar-refractivity contribution is -0.138. The molecule has 0 aromatic rings. The maximum Gasteiger partial charge on any atom is 0.228 e. The lowest BCUT2D eigenvalue weighted by Crippen LogP contribution is -2.47. The van der Waals surface area contributed by atoms with Crippen LogP contribution in [-0.4, -0.2) is 29.9 Å². The fourth-order valence-corrected chi connectivity index (χ4v) is 2.41. The van der Waals surface area contributed by atoms with Crippen molar-refractivity contribution in [3.8, 4) is 0 Å². The highest BCUT2D eigenvalue weighted by Gasteiger charge is 2.47. The van der Waals surface area contributed by atoms with Gasteiger partial charge in [-0.25, -0.2) is 0 Å². The Hall–Kier alpha value is -0.570. The van der Waals surface area contributed by atoms with Crippen LogP contribution in [-0.2, 0) is 4.79 Å². The quantitative estimate of drug-likeness (QED) is 0.748. The van der Waals surface area contributed by atoms with Gasteiger partial charge in [0.05, 0.1) is 0 Å². The van der Waals surface area contributed by atoms with Crippen molar-refractivity contribution in [2.24, 2.45) is 17.1 Å². The largest absolute Gasteiger partial charge is 0.342 e. The third-order valence-corrected chi connectivity index (χ3v) is 4.00. The molecule has 1 aliphatic heterocycles. The van der Waals surface area contributed by atoms with Crippen LogP contribution in [0.15, 0.2) is 0 Å². The normalized spacial score (nSPS) is 31.1. The van der Waals surface area contributed by atoms with Crippen LogP contribution >= 0.6 is 0 Å². The molecule has 15 heavy (non-hydrogen) atoms. The molecule has 1 saturated heterocycles. The molecule has 1 aliphatic carbocycles. The number of amides is 1. The van der Waals surface area contributed by atoms with Crippen LogP contribution in [0.3, 0.4) is 0 Å². The fraction of sp³-hybridized carbons (Fsp3) is 0.917. The Morgan fingerprint density at radius 3 is 2.73 bits per heavy atom. The Kier molecular flexibility index (Phi) is 2.75. The number of nitrogens with zero attached hydrogens (tertiary/aromatic N) is 1. The lowest BCUT2D eigenvalue weighted by atomic mass is 9.91. The first-order chi connectivity index (χ1) is 7.03. The maximum atomic E-state index is 12.1. The Bertz CT molecular complexity index is 258. The highest BCUT2D eigenvalue weighted by molar-refractivity contribution is 5.85. The monoisotopic (exact) mass is 210 g/mol. The van der Waals surface area contributed by atoms with Gasteiger partial charge in [0.2, 0.25) is 5.91 Å². The van der Waals surface area contributed by atoms with Gasteiger partial charge in [0.25, 0.3) is 0 Å². The minimum atomic E-state index is -0.0142. The molecule has 2 fully saturated rings. The Morgan fingerprint density at radius 2 is 2.20 bits per heavy atom. The van der Waals surface area contributed by atoms with Crippen LogP contribution < -0.4 is 5.73 Å². The first-order valence-corrected chi connectivity index (χ1v) is 6.08. The number of rotatable bonds is 2. The zero-order chi connectivity index (χ0) is 11.1. The highest BCUT2D eigenvalue weighted by Crippen LogP contribution is 2.47. The van der Waals surface area contributed by atoms with Crippen LogP contribution in [0.5, 0.6) is 0 Å². The van der Waals surface area contributed by atoms with E-state index in [2.05, 4.69) is 13.8 Å². The molecule has 1 saturated carbocycles. The lowest BCUT2D eigenvalue weighted by Gasteiger charge is -2.36. The van der Waals surface area contributed by atoms with Crippen molar-refractivity contribution in [1.82, 2.24) is 4.90 Å². The predicted molar refractivity (Wildman–Crippen MR) is 60.3 cm³/mol. The third kappa shape index (κ3) is 2.17. The van der Waals surface area contributed by atoms with Crippen molar-refractivity contribution in [3.05, 3.63) is 0 Å². The number of piperidine rings is 1. The van der Waals surface area contributed by atoms with E-state index in [1.54, 1.807) is 0 Å². The summed E-state index contributed by atoms with van der Waals surface area (Å²) < 4.78 is 0. The minimum Gasteiger partial charge on any atom is -0.342 e. The molecule has 3 nitrogen and oxygen atoms in total. The second-order valence-corrected chi connectivity index (χ2v) is 5.57. The molecule has 86 valence electrons. The second-order valence-electron chi connectivity index (χ2n) is 5.57. The average molecular weight is 210 g/mol. The molecular weight excluding hydrogens is 188 g/mol. The summed E-state index contributed by atoms with van der Waals surface area (Å²) in [5.41, 5.74) is 5.90. The maximum absolute atomic E-state index is 12.1. The zero-order valence-corrected chi connectivity index (χ0v) is 9.83. The van der Waals surface area contributed by atoms with E-state index in [-0.39, 0.29) is 11.5 Å². The van der Waals surface area contributed by atoms with E-state index in [1.807, 2.05) is 4.90 Å².